The largest absolute Gasteiger partial charge is 0.480 e. The smallest absolute Gasteiger partial charge is 0.328 e. The summed E-state index contributed by atoms with van der Waals surface area (Å²) in [7, 11) is 0. The normalized spacial score (nSPS) is 11.1. The minimum atomic E-state index is -1.22. The fraction of sp³-hybridized carbons (Fsp3) is 0.429. The summed E-state index contributed by atoms with van der Waals surface area (Å²) in [5, 5.41) is 11.4. The van der Waals surface area contributed by atoms with Crippen LogP contribution in [0.4, 0.5) is 0 Å². The zero-order valence-electron chi connectivity index (χ0n) is 11.4. The second-order valence-corrected chi connectivity index (χ2v) is 6.06. The van der Waals surface area contributed by atoms with Crippen LogP contribution in [-0.2, 0) is 9.59 Å². The first-order valence-electron chi connectivity index (χ1n) is 6.05. The van der Waals surface area contributed by atoms with E-state index in [1.807, 2.05) is 31.2 Å². The lowest BCUT2D eigenvalue weighted by molar-refractivity contribution is -0.145. The maximum Gasteiger partial charge on any atom is 0.328 e. The molecule has 0 aliphatic heterocycles. The minimum absolute atomic E-state index is 0.244. The van der Waals surface area contributed by atoms with Gasteiger partial charge < -0.3 is 10.4 Å². The van der Waals surface area contributed by atoms with Crippen molar-refractivity contribution >= 4 is 23.6 Å². The summed E-state index contributed by atoms with van der Waals surface area (Å²) in [5.74, 6) is -0.649. The number of hydrogen-bond acceptors (Lipinski definition) is 3. The summed E-state index contributed by atoms with van der Waals surface area (Å²) in [5.41, 5.74) is -0.0173. The number of benzene rings is 1. The van der Waals surface area contributed by atoms with E-state index >= 15 is 0 Å². The van der Waals surface area contributed by atoms with E-state index in [0.717, 1.165) is 4.90 Å². The molecule has 0 aliphatic rings. The highest BCUT2D eigenvalue weighted by Gasteiger charge is 2.28. The highest BCUT2D eigenvalue weighted by Crippen LogP contribution is 2.19. The van der Waals surface area contributed by atoms with Crippen molar-refractivity contribution in [3.8, 4) is 0 Å². The van der Waals surface area contributed by atoms with E-state index in [9.17, 15) is 9.59 Å². The summed E-state index contributed by atoms with van der Waals surface area (Å²) in [6, 6.07) is 8.07. The summed E-state index contributed by atoms with van der Waals surface area (Å²) in [4.78, 5) is 23.6. The topological polar surface area (TPSA) is 66.4 Å². The summed E-state index contributed by atoms with van der Waals surface area (Å²) in [6.07, 6.45) is 0.301. The van der Waals surface area contributed by atoms with Gasteiger partial charge in [-0.1, -0.05) is 17.7 Å². The number of nitrogens with one attached hydrogen (secondary N) is 1. The number of aryl methyl sites for hydroxylation is 1. The fourth-order valence-electron chi connectivity index (χ4n) is 1.36. The number of carboxylic acid groups (broad SMARTS) is 1. The molecule has 0 aliphatic carbocycles. The quantitative estimate of drug-likeness (QED) is 0.786. The van der Waals surface area contributed by atoms with Crippen molar-refractivity contribution in [2.24, 2.45) is 0 Å². The molecule has 0 saturated heterocycles. The molecule has 2 N–H and O–H groups in total. The summed E-state index contributed by atoms with van der Waals surface area (Å²) in [6.45, 7) is 4.97. The number of hydrogen-bond donors (Lipinski definition) is 2. The molecule has 0 aromatic heterocycles. The number of carbonyl (C=O) groups is 2. The summed E-state index contributed by atoms with van der Waals surface area (Å²) >= 11 is 1.58. The summed E-state index contributed by atoms with van der Waals surface area (Å²) < 4.78 is 0. The van der Waals surface area contributed by atoms with Crippen molar-refractivity contribution in [2.45, 2.75) is 37.6 Å². The molecule has 0 atom stereocenters. The number of carboxylic acids is 1. The van der Waals surface area contributed by atoms with Gasteiger partial charge in [0.25, 0.3) is 0 Å². The number of aliphatic carboxylic acids is 1. The molecular formula is C14H19NO3S. The maximum absolute atomic E-state index is 11.6. The monoisotopic (exact) mass is 281 g/mol. The van der Waals surface area contributed by atoms with Crippen LogP contribution in [-0.4, -0.2) is 28.3 Å². The van der Waals surface area contributed by atoms with E-state index in [0.29, 0.717) is 12.2 Å². The van der Waals surface area contributed by atoms with Gasteiger partial charge >= 0.3 is 5.97 Å². The average Bonchev–Trinajstić information content (AvgIpc) is 2.31. The van der Waals surface area contributed by atoms with E-state index in [1.165, 1.54) is 19.4 Å². The number of carbonyl (C=O) groups excluding carboxylic acids is 1. The van der Waals surface area contributed by atoms with Crippen molar-refractivity contribution in [3.63, 3.8) is 0 Å². The Morgan fingerprint density at radius 1 is 1.26 bits per heavy atom. The Hall–Kier alpha value is -1.49. The first-order chi connectivity index (χ1) is 8.81. The van der Waals surface area contributed by atoms with Crippen LogP contribution in [0.3, 0.4) is 0 Å². The van der Waals surface area contributed by atoms with Crippen molar-refractivity contribution in [2.75, 3.05) is 5.75 Å². The molecule has 0 fully saturated rings. The predicted octanol–water partition coefficient (Wildman–Crippen LogP) is 2.46. The Balaban J connectivity index is 2.35. The third kappa shape index (κ3) is 5.34. The van der Waals surface area contributed by atoms with Crippen molar-refractivity contribution in [1.82, 2.24) is 5.32 Å². The number of thioether (sulfide) groups is 1. The highest BCUT2D eigenvalue weighted by atomic mass is 32.2. The first-order valence-corrected chi connectivity index (χ1v) is 7.04. The molecule has 19 heavy (non-hydrogen) atoms. The molecule has 0 unspecified atom stereocenters. The Kier molecular flexibility index (Phi) is 5.42. The SMILES string of the molecule is Cc1ccc(SCCC(=O)NC(C)(C)C(=O)O)cc1. The van der Waals surface area contributed by atoms with Gasteiger partial charge in [0, 0.05) is 17.1 Å². The molecule has 104 valence electrons. The zero-order valence-corrected chi connectivity index (χ0v) is 12.2. The van der Waals surface area contributed by atoms with Crippen LogP contribution in [0.5, 0.6) is 0 Å². The van der Waals surface area contributed by atoms with Gasteiger partial charge in [0.15, 0.2) is 0 Å². The van der Waals surface area contributed by atoms with Crippen molar-refractivity contribution < 1.29 is 14.7 Å². The predicted molar refractivity (Wildman–Crippen MR) is 76.4 cm³/mol. The molecule has 0 spiro atoms. The van der Waals surface area contributed by atoms with Gasteiger partial charge in [0.1, 0.15) is 5.54 Å². The molecule has 4 nitrogen and oxygen atoms in total. The minimum Gasteiger partial charge on any atom is -0.480 e. The molecular weight excluding hydrogens is 262 g/mol. The maximum atomic E-state index is 11.6. The van der Waals surface area contributed by atoms with Crippen LogP contribution in [0.2, 0.25) is 0 Å². The molecule has 1 aromatic carbocycles. The molecule has 0 radical (unpaired) electrons. The van der Waals surface area contributed by atoms with Crippen LogP contribution in [0.25, 0.3) is 0 Å². The molecule has 1 amide bonds. The third-order valence-corrected chi connectivity index (χ3v) is 3.62. The Bertz CT molecular complexity index is 454. The fourth-order valence-corrected chi connectivity index (χ4v) is 2.21. The van der Waals surface area contributed by atoms with Gasteiger partial charge in [0.2, 0.25) is 5.91 Å². The van der Waals surface area contributed by atoms with Crippen LogP contribution in [0.1, 0.15) is 25.8 Å². The van der Waals surface area contributed by atoms with E-state index in [2.05, 4.69) is 5.32 Å². The van der Waals surface area contributed by atoms with Gasteiger partial charge in [0.05, 0.1) is 0 Å². The van der Waals surface area contributed by atoms with Gasteiger partial charge in [-0.2, -0.15) is 0 Å². The molecule has 1 aromatic rings. The van der Waals surface area contributed by atoms with Crippen molar-refractivity contribution in [3.05, 3.63) is 29.8 Å². The lowest BCUT2D eigenvalue weighted by Gasteiger charge is -2.20. The van der Waals surface area contributed by atoms with Crippen LogP contribution in [0.15, 0.2) is 29.2 Å². The lowest BCUT2D eigenvalue weighted by Crippen LogP contribution is -2.49. The standard InChI is InChI=1S/C14H19NO3S/c1-10-4-6-11(7-5-10)19-9-8-12(16)15-14(2,3)13(17)18/h4-7H,8-9H2,1-3H3,(H,15,16)(H,17,18). The average molecular weight is 281 g/mol. The van der Waals surface area contributed by atoms with E-state index in [1.54, 1.807) is 11.8 Å². The molecule has 5 heteroatoms. The first kappa shape index (κ1) is 15.6. The second-order valence-electron chi connectivity index (χ2n) is 4.89. The van der Waals surface area contributed by atoms with E-state index in [-0.39, 0.29) is 5.91 Å². The third-order valence-electron chi connectivity index (χ3n) is 2.61. The Labute approximate surface area is 117 Å². The number of rotatable bonds is 6. The van der Waals surface area contributed by atoms with Gasteiger partial charge in [-0.25, -0.2) is 4.79 Å². The van der Waals surface area contributed by atoms with Gasteiger partial charge in [-0.05, 0) is 32.9 Å². The molecule has 0 heterocycles. The Morgan fingerprint density at radius 3 is 2.37 bits per heavy atom. The van der Waals surface area contributed by atoms with E-state index < -0.39 is 11.5 Å². The van der Waals surface area contributed by atoms with Crippen LogP contribution in [0, 0.1) is 6.92 Å². The second kappa shape index (κ2) is 6.61. The van der Waals surface area contributed by atoms with Gasteiger partial charge in [-0.15, -0.1) is 11.8 Å². The van der Waals surface area contributed by atoms with Crippen molar-refractivity contribution in [1.29, 1.82) is 0 Å². The molecule has 1 rings (SSSR count). The molecule has 0 saturated carbocycles. The Morgan fingerprint density at radius 2 is 1.84 bits per heavy atom. The lowest BCUT2D eigenvalue weighted by atomic mass is 10.1. The van der Waals surface area contributed by atoms with E-state index in [4.69, 9.17) is 5.11 Å². The number of amides is 1. The van der Waals surface area contributed by atoms with Crippen LogP contribution >= 0.6 is 11.8 Å². The zero-order chi connectivity index (χ0) is 14.5. The molecule has 0 bridgehead atoms. The van der Waals surface area contributed by atoms with Gasteiger partial charge in [-0.3, -0.25) is 4.79 Å². The highest BCUT2D eigenvalue weighted by molar-refractivity contribution is 7.99. The van der Waals surface area contributed by atoms with Crippen LogP contribution < -0.4 is 5.32 Å².